The van der Waals surface area contributed by atoms with Gasteiger partial charge in [-0.15, -0.1) is 0 Å². The van der Waals surface area contributed by atoms with Crippen LogP contribution in [0.5, 0.6) is 0 Å². The fourth-order valence-corrected chi connectivity index (χ4v) is 6.13. The second-order valence-electron chi connectivity index (χ2n) is 11.5. The number of hydrogen-bond acceptors (Lipinski definition) is 1. The van der Waals surface area contributed by atoms with Gasteiger partial charge < -0.3 is 0 Å². The van der Waals surface area contributed by atoms with Crippen LogP contribution in [-0.4, -0.2) is 19.2 Å². The first-order chi connectivity index (χ1) is 15.1. The molecule has 0 bridgehead atoms. The number of aliphatic imine (C=N–C) groups is 1. The van der Waals surface area contributed by atoms with Crippen molar-refractivity contribution in [2.45, 2.75) is 91.2 Å². The van der Waals surface area contributed by atoms with Gasteiger partial charge >= 0.3 is 166 Å². The maximum absolute atomic E-state index is 5.15. The van der Waals surface area contributed by atoms with Gasteiger partial charge in [0.05, 0.1) is 0 Å². The van der Waals surface area contributed by atoms with Gasteiger partial charge in [0.1, 0.15) is 0 Å². The normalized spacial score (nSPS) is 22.7. The summed E-state index contributed by atoms with van der Waals surface area (Å²) in [6, 6.07) is 11.5. The zero-order valence-electron chi connectivity index (χ0n) is 21.1. The van der Waals surface area contributed by atoms with Gasteiger partial charge in [-0.05, 0) is 6.92 Å². The Bertz CT molecular complexity index is 1040. The van der Waals surface area contributed by atoms with Gasteiger partial charge in [-0.25, -0.2) is 0 Å². The minimum atomic E-state index is 0.0524. The first kappa shape index (κ1) is 23.3. The molecular formula is C29H39B2N. The summed E-state index contributed by atoms with van der Waals surface area (Å²) in [6.45, 7) is 21.3. The molecule has 166 valence electrons. The van der Waals surface area contributed by atoms with Crippen molar-refractivity contribution in [1.82, 2.24) is 0 Å². The van der Waals surface area contributed by atoms with Gasteiger partial charge in [0, 0.05) is 0 Å². The van der Waals surface area contributed by atoms with Gasteiger partial charge in [-0.1, -0.05) is 23.8 Å². The van der Waals surface area contributed by atoms with Crippen LogP contribution >= 0.6 is 0 Å². The van der Waals surface area contributed by atoms with Gasteiger partial charge in [-0.3, -0.25) is 0 Å². The molecule has 1 saturated heterocycles. The molecule has 1 aliphatic heterocycles. The molecule has 4 rings (SSSR count). The van der Waals surface area contributed by atoms with E-state index in [0.717, 1.165) is 18.5 Å². The molecule has 1 atom stereocenters. The van der Waals surface area contributed by atoms with Crippen LogP contribution in [0, 0.1) is 12.3 Å². The minimum absolute atomic E-state index is 0.0524. The second-order valence-corrected chi connectivity index (χ2v) is 11.5. The van der Waals surface area contributed by atoms with E-state index in [9.17, 15) is 0 Å². The van der Waals surface area contributed by atoms with E-state index in [-0.39, 0.29) is 10.8 Å². The molecule has 1 unspecified atom stereocenters. The van der Waals surface area contributed by atoms with Crippen molar-refractivity contribution in [3.63, 3.8) is 0 Å². The van der Waals surface area contributed by atoms with Crippen LogP contribution in [0.15, 0.2) is 53.6 Å². The Morgan fingerprint density at radius 3 is 2.47 bits per heavy atom. The molecular weight excluding hydrogens is 384 g/mol. The van der Waals surface area contributed by atoms with Gasteiger partial charge in [-0.2, -0.15) is 0 Å². The molecule has 0 amide bonds. The van der Waals surface area contributed by atoms with Crippen molar-refractivity contribution in [2.24, 2.45) is 10.4 Å². The quantitative estimate of drug-likeness (QED) is 0.353. The third kappa shape index (κ3) is 4.45. The third-order valence-corrected chi connectivity index (χ3v) is 8.44. The van der Waals surface area contributed by atoms with E-state index in [1.807, 2.05) is 0 Å². The molecule has 1 fully saturated rings. The number of fused-ring (bicyclic) bond motifs is 1. The molecule has 0 N–H and O–H groups in total. The molecule has 1 nitrogen and oxygen atoms in total. The van der Waals surface area contributed by atoms with E-state index in [4.69, 9.17) is 4.99 Å². The van der Waals surface area contributed by atoms with Crippen LogP contribution in [0.2, 0.25) is 12.6 Å². The Morgan fingerprint density at radius 1 is 1.09 bits per heavy atom. The van der Waals surface area contributed by atoms with E-state index in [1.165, 1.54) is 53.2 Å². The second kappa shape index (κ2) is 8.81. The Labute approximate surface area is 197 Å². The SMILES string of the molecule is C=C(/N=C(\C)B1CCC(C)(c2cccbc2C(C)C)CC1)C1(C)Cc2ccc(C)cc2C1. The van der Waals surface area contributed by atoms with Crippen molar-refractivity contribution in [3.8, 4) is 0 Å². The number of rotatable bonds is 5. The van der Waals surface area contributed by atoms with E-state index in [0.29, 0.717) is 12.6 Å². The summed E-state index contributed by atoms with van der Waals surface area (Å²) in [5.41, 5.74) is 10.1. The monoisotopic (exact) mass is 423 g/mol. The summed E-state index contributed by atoms with van der Waals surface area (Å²) >= 11 is 0. The van der Waals surface area contributed by atoms with Crippen LogP contribution in [0.3, 0.4) is 0 Å². The predicted molar refractivity (Wildman–Crippen MR) is 143 cm³/mol. The molecule has 1 aliphatic carbocycles. The zero-order valence-corrected chi connectivity index (χ0v) is 21.1. The average Bonchev–Trinajstić information content (AvgIpc) is 3.10. The third-order valence-electron chi connectivity index (χ3n) is 8.44. The van der Waals surface area contributed by atoms with Crippen molar-refractivity contribution < 1.29 is 0 Å². The number of aryl methyl sites for hydroxylation is 1. The van der Waals surface area contributed by atoms with Gasteiger partial charge in [0.15, 0.2) is 0 Å². The fraction of sp³-hybridized carbons (Fsp3) is 0.517. The molecule has 1 aromatic carbocycles. The van der Waals surface area contributed by atoms with Crippen molar-refractivity contribution in [1.29, 1.82) is 0 Å². The van der Waals surface area contributed by atoms with E-state index in [2.05, 4.69) is 91.3 Å². The van der Waals surface area contributed by atoms with Crippen LogP contribution < -0.4 is 0 Å². The number of allylic oxidation sites excluding steroid dienone is 1. The van der Waals surface area contributed by atoms with E-state index >= 15 is 0 Å². The average molecular weight is 423 g/mol. The predicted octanol–water partition coefficient (Wildman–Crippen LogP) is 7.32. The van der Waals surface area contributed by atoms with Crippen LogP contribution in [0.25, 0.3) is 0 Å². The molecule has 0 spiro atoms. The summed E-state index contributed by atoms with van der Waals surface area (Å²) in [4.78, 5) is 5.15. The number of benzene rings is 1. The summed E-state index contributed by atoms with van der Waals surface area (Å²) in [5, 5.41) is 0. The first-order valence-corrected chi connectivity index (χ1v) is 12.5. The standard InChI is InChI=1S/C29H39B2N/c1-20(2)27-26(9-8-14-30-27)28(6)12-15-31(16-13-28)23(5)32-22(4)29(7)18-24-11-10-21(3)17-25(24)19-29/h8-11,14,17,20H,4,12-13,15-16,18-19H2,1-3,5-7H3/b32-23+. The molecule has 2 aromatic rings. The number of nitrogens with zero attached hydrogens (tertiary/aromatic N) is 1. The Kier molecular flexibility index (Phi) is 6.40. The maximum atomic E-state index is 5.15. The van der Waals surface area contributed by atoms with Gasteiger partial charge in [0.2, 0.25) is 0 Å². The molecule has 3 heteroatoms. The van der Waals surface area contributed by atoms with E-state index < -0.39 is 0 Å². The molecule has 32 heavy (non-hydrogen) atoms. The Balaban J connectivity index is 1.45. The molecule has 2 aliphatic rings. The Morgan fingerprint density at radius 2 is 1.78 bits per heavy atom. The van der Waals surface area contributed by atoms with Crippen molar-refractivity contribution in [2.75, 3.05) is 0 Å². The number of hydrogen-bond donors (Lipinski definition) is 0. The molecule has 1 aromatic heterocycles. The first-order valence-electron chi connectivity index (χ1n) is 12.5. The summed E-state index contributed by atoms with van der Waals surface area (Å²) in [7, 11) is 0. The molecule has 2 heterocycles. The molecule has 0 saturated carbocycles. The van der Waals surface area contributed by atoms with Crippen molar-refractivity contribution in [3.05, 3.63) is 76.3 Å². The van der Waals surface area contributed by atoms with Crippen LogP contribution in [0.4, 0.5) is 0 Å². The van der Waals surface area contributed by atoms with Crippen molar-refractivity contribution >= 4 is 19.2 Å². The molecule has 0 radical (unpaired) electrons. The van der Waals surface area contributed by atoms with Crippen LogP contribution in [0.1, 0.15) is 81.1 Å². The van der Waals surface area contributed by atoms with E-state index in [1.54, 1.807) is 5.56 Å². The zero-order chi connectivity index (χ0) is 23.1. The summed E-state index contributed by atoms with van der Waals surface area (Å²) in [6.07, 6.45) is 7.05. The summed E-state index contributed by atoms with van der Waals surface area (Å²) < 4.78 is 0. The summed E-state index contributed by atoms with van der Waals surface area (Å²) in [5.74, 6) is 2.77. The van der Waals surface area contributed by atoms with Gasteiger partial charge in [0.25, 0.3) is 0 Å². The van der Waals surface area contributed by atoms with Crippen LogP contribution in [-0.2, 0) is 18.3 Å². The topological polar surface area (TPSA) is 12.4 Å². The fourth-order valence-electron chi connectivity index (χ4n) is 6.13. The Hall–Kier alpha value is -1.89.